The minimum Gasteiger partial charge on any atom is -0.418 e. The van der Waals surface area contributed by atoms with E-state index in [4.69, 9.17) is 4.43 Å². The standard InChI is InChI=1S/C9H24OSi2/c1-12(2,3)10-8-6-4-5-7-9-11/h4-9H2,1-3,11H3. The summed E-state index contributed by atoms with van der Waals surface area (Å²) in [5.41, 5.74) is 0. The Hall–Kier alpha value is 0.394. The van der Waals surface area contributed by atoms with Crippen LogP contribution in [0.5, 0.6) is 0 Å². The zero-order valence-electron chi connectivity index (χ0n) is 9.15. The van der Waals surface area contributed by atoms with Crippen LogP contribution in [0.3, 0.4) is 0 Å². The molecule has 0 bridgehead atoms. The van der Waals surface area contributed by atoms with Gasteiger partial charge in [0, 0.05) is 16.8 Å². The smallest absolute Gasteiger partial charge is 0.183 e. The Morgan fingerprint density at radius 2 is 1.58 bits per heavy atom. The molecule has 0 saturated carbocycles. The van der Waals surface area contributed by atoms with Crippen molar-refractivity contribution >= 4 is 18.6 Å². The average molecular weight is 204 g/mol. The van der Waals surface area contributed by atoms with E-state index in [2.05, 4.69) is 19.6 Å². The summed E-state index contributed by atoms with van der Waals surface area (Å²) in [6.07, 6.45) is 5.50. The molecule has 12 heavy (non-hydrogen) atoms. The first-order valence-corrected chi connectivity index (χ1v) is 10.0. The SMILES string of the molecule is C[Si](C)(C)OCCCCCC[SiH3]. The molecule has 0 atom stereocenters. The highest BCUT2D eigenvalue weighted by Gasteiger charge is 2.12. The Labute approximate surface area is 81.4 Å². The molecule has 0 fully saturated rings. The summed E-state index contributed by atoms with van der Waals surface area (Å²) in [6.45, 7) is 7.76. The lowest BCUT2D eigenvalue weighted by atomic mass is 10.2. The highest BCUT2D eigenvalue weighted by molar-refractivity contribution is 6.69. The van der Waals surface area contributed by atoms with E-state index in [1.807, 2.05) is 0 Å². The Morgan fingerprint density at radius 3 is 2.08 bits per heavy atom. The van der Waals surface area contributed by atoms with Gasteiger partial charge in [-0.1, -0.05) is 25.3 Å². The summed E-state index contributed by atoms with van der Waals surface area (Å²) in [5, 5.41) is 0. The van der Waals surface area contributed by atoms with Gasteiger partial charge in [0.1, 0.15) is 0 Å². The zero-order chi connectivity index (χ0) is 9.45. The van der Waals surface area contributed by atoms with Gasteiger partial charge < -0.3 is 4.43 Å². The van der Waals surface area contributed by atoms with Crippen LogP contribution >= 0.6 is 0 Å². The van der Waals surface area contributed by atoms with Gasteiger partial charge in [0.15, 0.2) is 8.32 Å². The minimum atomic E-state index is -1.22. The van der Waals surface area contributed by atoms with Crippen molar-refractivity contribution in [1.82, 2.24) is 0 Å². The summed E-state index contributed by atoms with van der Waals surface area (Å²) in [6, 6.07) is 1.47. The first-order chi connectivity index (χ1) is 5.56. The predicted molar refractivity (Wildman–Crippen MR) is 62.5 cm³/mol. The Morgan fingerprint density at radius 1 is 1.00 bits per heavy atom. The molecule has 1 nitrogen and oxygen atoms in total. The largest absolute Gasteiger partial charge is 0.418 e. The molecule has 74 valence electrons. The second-order valence-electron chi connectivity index (χ2n) is 4.38. The van der Waals surface area contributed by atoms with Gasteiger partial charge in [-0.25, -0.2) is 0 Å². The van der Waals surface area contributed by atoms with E-state index in [9.17, 15) is 0 Å². The second-order valence-corrected chi connectivity index (χ2v) is 9.89. The average Bonchev–Trinajstić information content (AvgIpc) is 1.94. The normalized spacial score (nSPS) is 12.2. The van der Waals surface area contributed by atoms with E-state index in [-0.39, 0.29) is 0 Å². The maximum atomic E-state index is 5.76. The number of unbranched alkanes of at least 4 members (excludes halogenated alkanes) is 3. The van der Waals surface area contributed by atoms with E-state index in [1.165, 1.54) is 42.0 Å². The van der Waals surface area contributed by atoms with Crippen molar-refractivity contribution in [3.63, 3.8) is 0 Å². The van der Waals surface area contributed by atoms with Crippen LogP contribution < -0.4 is 0 Å². The van der Waals surface area contributed by atoms with Crippen molar-refractivity contribution in [2.75, 3.05) is 6.61 Å². The predicted octanol–water partition coefficient (Wildman–Crippen LogP) is 2.18. The second kappa shape index (κ2) is 6.86. The van der Waals surface area contributed by atoms with E-state index in [0.717, 1.165) is 6.61 Å². The van der Waals surface area contributed by atoms with Crippen LogP contribution in [-0.4, -0.2) is 25.2 Å². The third-order valence-corrected chi connectivity index (χ3v) is 3.56. The molecule has 0 saturated heterocycles. The molecule has 0 heterocycles. The summed E-state index contributed by atoms with van der Waals surface area (Å²) < 4.78 is 5.76. The van der Waals surface area contributed by atoms with Crippen LogP contribution in [0.15, 0.2) is 0 Å². The number of rotatable bonds is 7. The van der Waals surface area contributed by atoms with Crippen LogP contribution in [0.4, 0.5) is 0 Å². The number of hydrogen-bond donors (Lipinski definition) is 0. The minimum absolute atomic E-state index is 0.997. The molecule has 0 radical (unpaired) electrons. The van der Waals surface area contributed by atoms with Crippen molar-refractivity contribution in [3.05, 3.63) is 0 Å². The van der Waals surface area contributed by atoms with Gasteiger partial charge >= 0.3 is 0 Å². The Balaban J connectivity index is 3.01. The van der Waals surface area contributed by atoms with Crippen molar-refractivity contribution in [1.29, 1.82) is 0 Å². The molecular formula is C9H24OSi2. The highest BCUT2D eigenvalue weighted by atomic mass is 28.4. The number of hydrogen-bond acceptors (Lipinski definition) is 1. The summed E-state index contributed by atoms with van der Waals surface area (Å²) in [4.78, 5) is 0. The van der Waals surface area contributed by atoms with Crippen LogP contribution in [-0.2, 0) is 4.43 Å². The Kier molecular flexibility index (Phi) is 7.09. The third-order valence-electron chi connectivity index (χ3n) is 1.78. The van der Waals surface area contributed by atoms with Crippen LogP contribution in [0.1, 0.15) is 25.7 Å². The molecule has 0 aromatic carbocycles. The lowest BCUT2D eigenvalue weighted by Crippen LogP contribution is -2.25. The molecule has 0 amide bonds. The molecule has 0 aliphatic rings. The van der Waals surface area contributed by atoms with Gasteiger partial charge in [-0.05, 0) is 26.1 Å². The molecule has 0 aromatic rings. The maximum Gasteiger partial charge on any atom is 0.183 e. The maximum absolute atomic E-state index is 5.76. The van der Waals surface area contributed by atoms with Gasteiger partial charge in [0.25, 0.3) is 0 Å². The molecule has 0 aliphatic carbocycles. The van der Waals surface area contributed by atoms with Crippen LogP contribution in [0.2, 0.25) is 25.7 Å². The van der Waals surface area contributed by atoms with Crippen molar-refractivity contribution < 1.29 is 4.43 Å². The molecule has 0 unspecified atom stereocenters. The molecule has 0 spiro atoms. The van der Waals surface area contributed by atoms with Gasteiger partial charge in [-0.2, -0.15) is 0 Å². The molecule has 0 N–H and O–H groups in total. The van der Waals surface area contributed by atoms with Crippen molar-refractivity contribution in [2.45, 2.75) is 51.4 Å². The summed E-state index contributed by atoms with van der Waals surface area (Å²) in [5.74, 6) is 0. The monoisotopic (exact) mass is 204 g/mol. The fraction of sp³-hybridized carbons (Fsp3) is 1.00. The molecule has 0 aromatic heterocycles. The quantitative estimate of drug-likeness (QED) is 0.456. The van der Waals surface area contributed by atoms with Gasteiger partial charge in [0.05, 0.1) is 0 Å². The lowest BCUT2D eigenvalue weighted by molar-refractivity contribution is 0.299. The lowest BCUT2D eigenvalue weighted by Gasteiger charge is -2.16. The third kappa shape index (κ3) is 10.4. The molecule has 0 aliphatic heterocycles. The van der Waals surface area contributed by atoms with E-state index in [0.29, 0.717) is 0 Å². The molecule has 0 rings (SSSR count). The van der Waals surface area contributed by atoms with Crippen molar-refractivity contribution in [3.8, 4) is 0 Å². The molecular weight excluding hydrogens is 180 g/mol. The fourth-order valence-electron chi connectivity index (χ4n) is 1.08. The topological polar surface area (TPSA) is 9.23 Å². The van der Waals surface area contributed by atoms with E-state index < -0.39 is 8.32 Å². The van der Waals surface area contributed by atoms with E-state index >= 15 is 0 Å². The highest BCUT2D eigenvalue weighted by Crippen LogP contribution is 2.06. The van der Waals surface area contributed by atoms with Crippen molar-refractivity contribution in [2.24, 2.45) is 0 Å². The first kappa shape index (κ1) is 12.4. The van der Waals surface area contributed by atoms with E-state index in [1.54, 1.807) is 0 Å². The zero-order valence-corrected chi connectivity index (χ0v) is 12.2. The van der Waals surface area contributed by atoms with Gasteiger partial charge in [-0.15, -0.1) is 0 Å². The van der Waals surface area contributed by atoms with Gasteiger partial charge in [0.2, 0.25) is 0 Å². The Bertz CT molecular complexity index is 99.2. The fourth-order valence-corrected chi connectivity index (χ4v) is 2.34. The summed E-state index contributed by atoms with van der Waals surface area (Å²) >= 11 is 0. The first-order valence-electron chi connectivity index (χ1n) is 5.20. The van der Waals surface area contributed by atoms with Crippen LogP contribution in [0, 0.1) is 0 Å². The molecule has 3 heteroatoms. The van der Waals surface area contributed by atoms with Crippen LogP contribution in [0.25, 0.3) is 0 Å². The summed E-state index contributed by atoms with van der Waals surface area (Å²) in [7, 11) is 0.158. The van der Waals surface area contributed by atoms with Gasteiger partial charge in [-0.3, -0.25) is 0 Å².